The number of nitrogens with zero attached hydrogens (tertiary/aromatic N) is 1. The summed E-state index contributed by atoms with van der Waals surface area (Å²) in [6.45, 7) is 0. The van der Waals surface area contributed by atoms with Crippen LogP contribution >= 0.6 is 0 Å². The van der Waals surface area contributed by atoms with Crippen LogP contribution in [0.2, 0.25) is 0 Å². The number of H-pyrrole nitrogens is 1. The molecule has 0 amide bonds. The van der Waals surface area contributed by atoms with Crippen LogP contribution in [0, 0.1) is 11.3 Å². The van der Waals surface area contributed by atoms with Crippen molar-refractivity contribution in [2.75, 3.05) is 0 Å². The molecule has 1 aromatic carbocycles. The van der Waals surface area contributed by atoms with E-state index in [4.69, 9.17) is 5.26 Å². The highest BCUT2D eigenvalue weighted by Gasteiger charge is 2.35. The lowest BCUT2D eigenvalue weighted by atomic mass is 9.94. The molecule has 10 heteroatoms. The molecule has 0 unspecified atom stereocenters. The van der Waals surface area contributed by atoms with Crippen molar-refractivity contribution in [3.63, 3.8) is 0 Å². The zero-order chi connectivity index (χ0) is 19.7. The number of aromatic amines is 1. The van der Waals surface area contributed by atoms with Gasteiger partial charge in [-0.25, -0.2) is 13.1 Å². The normalized spacial score (nSPS) is 15.2. The summed E-state index contributed by atoms with van der Waals surface area (Å²) in [5.41, 5.74) is 1.35. The van der Waals surface area contributed by atoms with Crippen molar-refractivity contribution < 1.29 is 26.3 Å². The molecule has 1 aliphatic carbocycles. The van der Waals surface area contributed by atoms with Gasteiger partial charge in [0.15, 0.2) is 0 Å². The molecular weight excluding hydrogens is 383 g/mol. The summed E-state index contributed by atoms with van der Waals surface area (Å²) in [4.78, 5) is 2.33. The van der Waals surface area contributed by atoms with Crippen LogP contribution in [0.3, 0.4) is 0 Å². The molecule has 0 aliphatic heterocycles. The number of halogens is 3. The molecule has 1 fully saturated rings. The molecule has 3 rings (SSSR count). The van der Waals surface area contributed by atoms with E-state index in [2.05, 4.69) is 14.4 Å². The summed E-state index contributed by atoms with van der Waals surface area (Å²) in [5.74, 6) is -0.803. The molecule has 27 heavy (non-hydrogen) atoms. The van der Waals surface area contributed by atoms with E-state index < -0.39 is 27.0 Å². The van der Waals surface area contributed by atoms with Crippen molar-refractivity contribution in [1.82, 2.24) is 9.71 Å². The number of rotatable bonds is 6. The Morgan fingerprint density at radius 1 is 1.26 bits per heavy atom. The lowest BCUT2D eigenvalue weighted by molar-refractivity contribution is -0.275. The minimum atomic E-state index is -5.04. The number of benzene rings is 1. The van der Waals surface area contributed by atoms with Gasteiger partial charge in [-0.2, -0.15) is 5.26 Å². The number of nitriles is 1. The number of alkyl halides is 3. The summed E-state index contributed by atoms with van der Waals surface area (Å²) in [6.07, 6.45) is -2.76. The maximum Gasteiger partial charge on any atom is 0.573 e. The van der Waals surface area contributed by atoms with Gasteiger partial charge < -0.3 is 9.72 Å². The van der Waals surface area contributed by atoms with Gasteiger partial charge in [-0.3, -0.25) is 0 Å². The third-order valence-electron chi connectivity index (χ3n) is 4.21. The number of sulfonamides is 1. The molecule has 1 saturated carbocycles. The largest absolute Gasteiger partial charge is 0.573 e. The number of aromatic nitrogens is 1. The molecule has 2 N–H and O–H groups in total. The minimum Gasteiger partial charge on any atom is -0.404 e. The Labute approximate surface area is 154 Å². The Bertz CT molecular complexity index is 973. The molecule has 0 bridgehead atoms. The summed E-state index contributed by atoms with van der Waals surface area (Å²) < 4.78 is 69.8. The van der Waals surface area contributed by atoms with Gasteiger partial charge in [-0.15, -0.1) is 13.2 Å². The predicted molar refractivity (Wildman–Crippen MR) is 90.2 cm³/mol. The van der Waals surface area contributed by atoms with Gasteiger partial charge in [0.1, 0.15) is 10.6 Å². The highest BCUT2D eigenvalue weighted by molar-refractivity contribution is 7.89. The topological polar surface area (TPSA) is 95.0 Å². The van der Waals surface area contributed by atoms with Crippen LogP contribution in [0.5, 0.6) is 5.75 Å². The van der Waals surface area contributed by atoms with Crippen molar-refractivity contribution in [2.24, 2.45) is 0 Å². The van der Waals surface area contributed by atoms with Crippen molar-refractivity contribution in [1.29, 1.82) is 5.26 Å². The second-order valence-corrected chi connectivity index (χ2v) is 7.87. The van der Waals surface area contributed by atoms with Crippen LogP contribution in [-0.2, 0) is 16.4 Å². The van der Waals surface area contributed by atoms with E-state index in [1.165, 1.54) is 6.07 Å². The first-order chi connectivity index (χ1) is 12.7. The van der Waals surface area contributed by atoms with E-state index in [1.54, 1.807) is 12.1 Å². The Balaban J connectivity index is 1.99. The summed E-state index contributed by atoms with van der Waals surface area (Å²) in [7, 11) is -4.15. The maximum absolute atomic E-state index is 12.8. The van der Waals surface area contributed by atoms with Crippen molar-refractivity contribution in [3.8, 4) is 23.1 Å². The quantitative estimate of drug-likeness (QED) is 0.778. The summed E-state index contributed by atoms with van der Waals surface area (Å²) in [5, 5.41) is 8.71. The fourth-order valence-electron chi connectivity index (χ4n) is 2.71. The maximum atomic E-state index is 12.8. The van der Waals surface area contributed by atoms with Gasteiger partial charge in [0.2, 0.25) is 10.0 Å². The van der Waals surface area contributed by atoms with Gasteiger partial charge >= 0.3 is 6.36 Å². The van der Waals surface area contributed by atoms with Gasteiger partial charge in [0.25, 0.3) is 0 Å². The van der Waals surface area contributed by atoms with E-state index >= 15 is 0 Å². The van der Waals surface area contributed by atoms with Crippen molar-refractivity contribution in [3.05, 3.63) is 36.0 Å². The average molecular weight is 399 g/mol. The third kappa shape index (κ3) is 4.61. The highest BCUT2D eigenvalue weighted by atomic mass is 32.2. The fourth-order valence-corrected chi connectivity index (χ4v) is 4.12. The first-order valence-corrected chi connectivity index (χ1v) is 9.63. The van der Waals surface area contributed by atoms with Gasteiger partial charge in [-0.05, 0) is 37.1 Å². The van der Waals surface area contributed by atoms with Gasteiger partial charge in [0.05, 0.1) is 12.5 Å². The van der Waals surface area contributed by atoms with Gasteiger partial charge in [-0.1, -0.05) is 12.5 Å². The molecule has 144 valence electrons. The van der Waals surface area contributed by atoms with E-state index in [0.717, 1.165) is 18.6 Å². The van der Waals surface area contributed by atoms with Crippen LogP contribution in [0.25, 0.3) is 11.3 Å². The standard InChI is InChI=1S/C17H16F3N3O3S/c18-17(19,20)26-15-10-11(14-6-5-12(22-14)8-9-21)4-7-16(15)27(24,25)23-13-2-1-3-13/h4-7,10,13,22-23H,1-3,8H2. The second-order valence-electron chi connectivity index (χ2n) is 6.19. The van der Waals surface area contributed by atoms with Crippen molar-refractivity contribution in [2.45, 2.75) is 43.0 Å². The smallest absolute Gasteiger partial charge is 0.404 e. The van der Waals surface area contributed by atoms with Gasteiger partial charge in [0, 0.05) is 23.0 Å². The average Bonchev–Trinajstić information content (AvgIpc) is 2.98. The second kappa shape index (κ2) is 7.25. The van der Waals surface area contributed by atoms with Crippen LogP contribution < -0.4 is 9.46 Å². The molecule has 0 saturated heterocycles. The third-order valence-corrected chi connectivity index (χ3v) is 5.77. The molecular formula is C17H16F3N3O3S. The van der Waals surface area contributed by atoms with E-state index in [0.29, 0.717) is 29.8 Å². The number of hydrogen-bond acceptors (Lipinski definition) is 4. The fraction of sp³-hybridized carbons (Fsp3) is 0.353. The van der Waals surface area contributed by atoms with Crippen LogP contribution in [0.1, 0.15) is 25.0 Å². The lowest BCUT2D eigenvalue weighted by Gasteiger charge is -2.26. The lowest BCUT2D eigenvalue weighted by Crippen LogP contribution is -2.39. The predicted octanol–water partition coefficient (Wildman–Crippen LogP) is 3.48. The monoisotopic (exact) mass is 399 g/mol. The number of hydrogen-bond donors (Lipinski definition) is 2. The molecule has 0 radical (unpaired) electrons. The van der Waals surface area contributed by atoms with Crippen molar-refractivity contribution >= 4 is 10.0 Å². The molecule has 1 heterocycles. The van der Waals surface area contributed by atoms with Crippen LogP contribution in [0.15, 0.2) is 35.2 Å². The Kier molecular flexibility index (Phi) is 5.17. The Morgan fingerprint density at radius 2 is 2.00 bits per heavy atom. The van der Waals surface area contributed by atoms with Crippen LogP contribution in [0.4, 0.5) is 13.2 Å². The number of nitrogens with one attached hydrogen (secondary N) is 2. The van der Waals surface area contributed by atoms with E-state index in [-0.39, 0.29) is 12.5 Å². The summed E-state index contributed by atoms with van der Waals surface area (Å²) in [6, 6.07) is 8.41. The number of ether oxygens (including phenoxy) is 1. The molecule has 2 aromatic rings. The molecule has 1 aromatic heterocycles. The first-order valence-electron chi connectivity index (χ1n) is 8.15. The molecule has 1 aliphatic rings. The SMILES string of the molecule is N#CCc1ccc(-c2ccc(S(=O)(=O)NC3CCC3)c(OC(F)(F)F)c2)[nH]1. The van der Waals surface area contributed by atoms with E-state index in [9.17, 15) is 21.6 Å². The van der Waals surface area contributed by atoms with E-state index in [1.807, 2.05) is 6.07 Å². The summed E-state index contributed by atoms with van der Waals surface area (Å²) >= 11 is 0. The molecule has 0 spiro atoms. The minimum absolute atomic E-state index is 0.115. The zero-order valence-corrected chi connectivity index (χ0v) is 14.8. The highest BCUT2D eigenvalue weighted by Crippen LogP contribution is 2.34. The Morgan fingerprint density at radius 3 is 2.59 bits per heavy atom. The molecule has 0 atom stereocenters. The Hall–Kier alpha value is -2.51. The zero-order valence-electron chi connectivity index (χ0n) is 14.0. The first kappa shape index (κ1) is 19.3. The van der Waals surface area contributed by atoms with Crippen LogP contribution in [-0.4, -0.2) is 25.8 Å². The molecule has 6 nitrogen and oxygen atoms in total.